The lowest BCUT2D eigenvalue weighted by Gasteiger charge is -2.13. The molecule has 4 heteroatoms. The Morgan fingerprint density at radius 1 is 1.08 bits per heavy atom. The Bertz CT molecular complexity index is 670. The van der Waals surface area contributed by atoms with Crippen LogP contribution in [0.1, 0.15) is 36.1 Å². The quantitative estimate of drug-likeness (QED) is 0.702. The predicted molar refractivity (Wildman–Crippen MR) is 99.8 cm³/mol. The molecule has 0 aliphatic heterocycles. The number of ether oxygens (including phenoxy) is 2. The molecule has 0 saturated carbocycles. The van der Waals surface area contributed by atoms with Gasteiger partial charge in [0.2, 0.25) is 0 Å². The molecule has 1 amide bonds. The molecule has 0 aliphatic rings. The number of hydrogen-bond acceptors (Lipinski definition) is 3. The van der Waals surface area contributed by atoms with Crippen LogP contribution in [0.5, 0.6) is 5.75 Å². The van der Waals surface area contributed by atoms with E-state index in [1.54, 1.807) is 0 Å². The molecule has 134 valence electrons. The maximum Gasteiger partial charge on any atom is 0.257 e. The van der Waals surface area contributed by atoms with Gasteiger partial charge in [0.15, 0.2) is 6.61 Å². The number of benzene rings is 2. The molecule has 2 aromatic carbocycles. The first kappa shape index (κ1) is 19.0. The highest BCUT2D eigenvalue weighted by Gasteiger charge is 2.06. The van der Waals surface area contributed by atoms with Crippen LogP contribution in [0.3, 0.4) is 0 Å². The van der Waals surface area contributed by atoms with Crippen molar-refractivity contribution in [3.05, 3.63) is 65.2 Å². The molecule has 0 aromatic heterocycles. The van der Waals surface area contributed by atoms with Crippen LogP contribution in [-0.2, 0) is 9.53 Å². The first-order valence-corrected chi connectivity index (χ1v) is 8.69. The number of rotatable bonds is 9. The summed E-state index contributed by atoms with van der Waals surface area (Å²) in [4.78, 5) is 11.8. The molecule has 4 nitrogen and oxygen atoms in total. The largest absolute Gasteiger partial charge is 0.484 e. The summed E-state index contributed by atoms with van der Waals surface area (Å²) < 4.78 is 11.3. The standard InChI is InChI=1S/C21H27NO3/c1-16-10-11-20(14-17(16)2)25-15-21(23)22-12-7-13-24-18(3)19-8-5-4-6-9-19/h4-6,8-11,14,18H,7,12-13,15H2,1-3H3,(H,22,23). The van der Waals surface area contributed by atoms with Crippen LogP contribution in [0, 0.1) is 13.8 Å². The summed E-state index contributed by atoms with van der Waals surface area (Å²) >= 11 is 0. The topological polar surface area (TPSA) is 47.6 Å². The summed E-state index contributed by atoms with van der Waals surface area (Å²) in [5, 5.41) is 2.85. The van der Waals surface area contributed by atoms with Crippen LogP contribution in [0.15, 0.2) is 48.5 Å². The van der Waals surface area contributed by atoms with Crippen LogP contribution >= 0.6 is 0 Å². The van der Waals surface area contributed by atoms with E-state index in [1.165, 1.54) is 5.56 Å². The number of carbonyl (C=O) groups is 1. The van der Waals surface area contributed by atoms with Gasteiger partial charge in [-0.1, -0.05) is 36.4 Å². The molecule has 0 spiro atoms. The van der Waals surface area contributed by atoms with E-state index in [2.05, 4.69) is 17.4 Å². The summed E-state index contributed by atoms with van der Waals surface area (Å²) in [6.45, 7) is 7.32. The van der Waals surface area contributed by atoms with Gasteiger partial charge in [0.25, 0.3) is 5.91 Å². The van der Waals surface area contributed by atoms with Gasteiger partial charge in [-0.3, -0.25) is 4.79 Å². The van der Waals surface area contributed by atoms with E-state index in [0.717, 1.165) is 23.3 Å². The van der Waals surface area contributed by atoms with Crippen molar-refractivity contribution in [3.8, 4) is 5.75 Å². The second-order valence-electron chi connectivity index (χ2n) is 6.16. The van der Waals surface area contributed by atoms with E-state index in [9.17, 15) is 4.79 Å². The molecule has 1 atom stereocenters. The third kappa shape index (κ3) is 6.59. The summed E-state index contributed by atoms with van der Waals surface area (Å²) in [6.07, 6.45) is 0.831. The monoisotopic (exact) mass is 341 g/mol. The molecule has 25 heavy (non-hydrogen) atoms. The first-order valence-electron chi connectivity index (χ1n) is 8.69. The minimum absolute atomic E-state index is 0.0315. The molecular weight excluding hydrogens is 314 g/mol. The minimum Gasteiger partial charge on any atom is -0.484 e. The smallest absolute Gasteiger partial charge is 0.257 e. The van der Waals surface area contributed by atoms with Gasteiger partial charge in [-0.05, 0) is 56.0 Å². The molecule has 0 bridgehead atoms. The fourth-order valence-corrected chi connectivity index (χ4v) is 2.38. The van der Waals surface area contributed by atoms with Crippen LogP contribution in [0.4, 0.5) is 0 Å². The van der Waals surface area contributed by atoms with Crippen LogP contribution in [-0.4, -0.2) is 25.7 Å². The number of carbonyl (C=O) groups excluding carboxylic acids is 1. The molecule has 1 unspecified atom stereocenters. The van der Waals surface area contributed by atoms with Crippen LogP contribution in [0.25, 0.3) is 0 Å². The summed E-state index contributed by atoms with van der Waals surface area (Å²) in [5.74, 6) is 0.604. The van der Waals surface area contributed by atoms with Gasteiger partial charge in [-0.25, -0.2) is 0 Å². The predicted octanol–water partition coefficient (Wildman–Crippen LogP) is 3.97. The van der Waals surface area contributed by atoms with Gasteiger partial charge in [-0.15, -0.1) is 0 Å². The average molecular weight is 341 g/mol. The summed E-state index contributed by atoms with van der Waals surface area (Å²) in [7, 11) is 0. The van der Waals surface area contributed by atoms with Crippen molar-refractivity contribution in [1.82, 2.24) is 5.32 Å². The van der Waals surface area contributed by atoms with Crippen molar-refractivity contribution in [2.45, 2.75) is 33.3 Å². The van der Waals surface area contributed by atoms with Gasteiger partial charge < -0.3 is 14.8 Å². The lowest BCUT2D eigenvalue weighted by molar-refractivity contribution is -0.123. The molecule has 0 aliphatic carbocycles. The van der Waals surface area contributed by atoms with Crippen LogP contribution in [0.2, 0.25) is 0 Å². The number of aryl methyl sites for hydroxylation is 2. The molecule has 2 rings (SSSR count). The molecule has 0 radical (unpaired) electrons. The zero-order chi connectivity index (χ0) is 18.1. The zero-order valence-electron chi connectivity index (χ0n) is 15.2. The Hall–Kier alpha value is -2.33. The maximum atomic E-state index is 11.8. The van der Waals surface area contributed by atoms with Crippen molar-refractivity contribution >= 4 is 5.91 Å². The van der Waals surface area contributed by atoms with Crippen molar-refractivity contribution < 1.29 is 14.3 Å². The molecule has 0 fully saturated rings. The van der Waals surface area contributed by atoms with E-state index < -0.39 is 0 Å². The highest BCUT2D eigenvalue weighted by molar-refractivity contribution is 5.77. The molecular formula is C21H27NO3. The molecule has 0 heterocycles. The van der Waals surface area contributed by atoms with E-state index in [1.807, 2.05) is 57.2 Å². The first-order chi connectivity index (χ1) is 12.1. The van der Waals surface area contributed by atoms with Gasteiger partial charge in [-0.2, -0.15) is 0 Å². The van der Waals surface area contributed by atoms with E-state index in [-0.39, 0.29) is 18.6 Å². The Morgan fingerprint density at radius 2 is 1.84 bits per heavy atom. The van der Waals surface area contributed by atoms with Gasteiger partial charge in [0.1, 0.15) is 5.75 Å². The number of amides is 1. The Balaban J connectivity index is 1.58. The highest BCUT2D eigenvalue weighted by atomic mass is 16.5. The number of nitrogens with one attached hydrogen (secondary N) is 1. The van der Waals surface area contributed by atoms with Crippen LogP contribution < -0.4 is 10.1 Å². The van der Waals surface area contributed by atoms with E-state index in [4.69, 9.17) is 9.47 Å². The number of hydrogen-bond donors (Lipinski definition) is 1. The molecule has 0 saturated heterocycles. The normalized spacial score (nSPS) is 11.8. The third-order valence-corrected chi connectivity index (χ3v) is 4.13. The highest BCUT2D eigenvalue weighted by Crippen LogP contribution is 2.16. The Kier molecular flexibility index (Phi) is 7.48. The molecule has 1 N–H and O–H groups in total. The fraction of sp³-hybridized carbons (Fsp3) is 0.381. The van der Waals surface area contributed by atoms with Crippen molar-refractivity contribution in [2.75, 3.05) is 19.8 Å². The minimum atomic E-state index is -0.116. The summed E-state index contributed by atoms with van der Waals surface area (Å²) in [5.41, 5.74) is 3.53. The Morgan fingerprint density at radius 3 is 2.56 bits per heavy atom. The van der Waals surface area contributed by atoms with Gasteiger partial charge in [0.05, 0.1) is 6.10 Å². The second-order valence-corrected chi connectivity index (χ2v) is 6.16. The lowest BCUT2D eigenvalue weighted by Crippen LogP contribution is -2.30. The second kappa shape index (κ2) is 9.84. The molecule has 2 aromatic rings. The maximum absolute atomic E-state index is 11.8. The SMILES string of the molecule is Cc1ccc(OCC(=O)NCCCOC(C)c2ccccc2)cc1C. The van der Waals surface area contributed by atoms with Crippen molar-refractivity contribution in [3.63, 3.8) is 0 Å². The average Bonchev–Trinajstić information content (AvgIpc) is 2.63. The van der Waals surface area contributed by atoms with E-state index >= 15 is 0 Å². The lowest BCUT2D eigenvalue weighted by atomic mass is 10.1. The zero-order valence-corrected chi connectivity index (χ0v) is 15.2. The van der Waals surface area contributed by atoms with Gasteiger partial charge in [0, 0.05) is 13.2 Å². The van der Waals surface area contributed by atoms with E-state index in [0.29, 0.717) is 13.2 Å². The fourth-order valence-electron chi connectivity index (χ4n) is 2.38. The van der Waals surface area contributed by atoms with Crippen molar-refractivity contribution in [2.24, 2.45) is 0 Å². The Labute approximate surface area is 150 Å². The van der Waals surface area contributed by atoms with Crippen molar-refractivity contribution in [1.29, 1.82) is 0 Å². The summed E-state index contributed by atoms with van der Waals surface area (Å²) in [6, 6.07) is 15.9. The van der Waals surface area contributed by atoms with Gasteiger partial charge >= 0.3 is 0 Å². The third-order valence-electron chi connectivity index (χ3n) is 4.13.